The quantitative estimate of drug-likeness (QED) is 0.878. The van der Waals surface area contributed by atoms with Gasteiger partial charge in [-0.1, -0.05) is 17.7 Å². The van der Waals surface area contributed by atoms with Crippen molar-refractivity contribution in [2.45, 2.75) is 32.1 Å². The maximum absolute atomic E-state index is 12.9. The second kappa shape index (κ2) is 7.69. The molecule has 2 amide bonds. The molecule has 6 heteroatoms. The van der Waals surface area contributed by atoms with Crippen molar-refractivity contribution in [3.05, 3.63) is 58.2 Å². The van der Waals surface area contributed by atoms with Gasteiger partial charge in [-0.05, 0) is 67.5 Å². The van der Waals surface area contributed by atoms with E-state index in [4.69, 9.17) is 11.6 Å². The zero-order chi connectivity index (χ0) is 18.8. The molecule has 27 heavy (non-hydrogen) atoms. The van der Waals surface area contributed by atoms with Gasteiger partial charge >= 0.3 is 0 Å². The van der Waals surface area contributed by atoms with E-state index in [1.807, 2.05) is 12.1 Å². The Hall–Kier alpha value is -2.40. The number of anilines is 1. The number of fused-ring (bicyclic) bond motifs is 1. The van der Waals surface area contributed by atoms with Crippen molar-refractivity contribution >= 4 is 29.2 Å². The average Bonchev–Trinajstić information content (AvgIpc) is 3.17. The van der Waals surface area contributed by atoms with Crippen LogP contribution in [0.25, 0.3) is 0 Å². The van der Waals surface area contributed by atoms with Gasteiger partial charge in [-0.15, -0.1) is 0 Å². The van der Waals surface area contributed by atoms with Gasteiger partial charge in [-0.25, -0.2) is 4.98 Å². The van der Waals surface area contributed by atoms with Crippen LogP contribution in [0.1, 0.15) is 40.7 Å². The number of rotatable bonds is 3. The van der Waals surface area contributed by atoms with Crippen LogP contribution in [-0.4, -0.2) is 34.8 Å². The molecule has 2 aliphatic rings. The number of likely N-dealkylation sites (tertiary alicyclic amines) is 1. The number of piperidine rings is 1. The van der Waals surface area contributed by atoms with Crippen LogP contribution < -0.4 is 5.32 Å². The topological polar surface area (TPSA) is 62.3 Å². The molecule has 1 unspecified atom stereocenters. The Labute approximate surface area is 163 Å². The van der Waals surface area contributed by atoms with Crippen molar-refractivity contribution in [3.8, 4) is 0 Å². The SMILES string of the molecule is O=C(Nc1ccc(Cl)cn1)C1CCCN(C(=O)c2ccc3c(c2)CCC3)C1. The minimum Gasteiger partial charge on any atom is -0.338 e. The van der Waals surface area contributed by atoms with Crippen LogP contribution in [0.5, 0.6) is 0 Å². The molecule has 140 valence electrons. The van der Waals surface area contributed by atoms with Crippen molar-refractivity contribution in [1.29, 1.82) is 0 Å². The molecule has 1 atom stereocenters. The van der Waals surface area contributed by atoms with Crippen LogP contribution in [0.15, 0.2) is 36.5 Å². The summed E-state index contributed by atoms with van der Waals surface area (Å²) in [5, 5.41) is 3.35. The Morgan fingerprint density at radius 1 is 1.11 bits per heavy atom. The van der Waals surface area contributed by atoms with Gasteiger partial charge in [0.25, 0.3) is 5.91 Å². The summed E-state index contributed by atoms with van der Waals surface area (Å²) in [6.07, 6.45) is 6.42. The first kappa shape index (κ1) is 18.0. The van der Waals surface area contributed by atoms with E-state index in [-0.39, 0.29) is 17.7 Å². The fraction of sp³-hybridized carbons (Fsp3) is 0.381. The molecule has 1 aliphatic carbocycles. The summed E-state index contributed by atoms with van der Waals surface area (Å²) in [5.41, 5.74) is 3.38. The first-order chi connectivity index (χ1) is 13.1. The fourth-order valence-electron chi connectivity index (χ4n) is 3.94. The number of hydrogen-bond donors (Lipinski definition) is 1. The predicted octanol–water partition coefficient (Wildman–Crippen LogP) is 3.71. The summed E-state index contributed by atoms with van der Waals surface area (Å²) >= 11 is 5.82. The minimum absolute atomic E-state index is 0.0202. The van der Waals surface area contributed by atoms with Crippen molar-refractivity contribution < 1.29 is 9.59 Å². The molecule has 4 rings (SSSR count). The van der Waals surface area contributed by atoms with Crippen molar-refractivity contribution in [1.82, 2.24) is 9.88 Å². The van der Waals surface area contributed by atoms with E-state index in [1.54, 1.807) is 17.0 Å². The first-order valence-corrected chi connectivity index (χ1v) is 9.81. The molecule has 0 spiro atoms. The number of benzene rings is 1. The summed E-state index contributed by atoms with van der Waals surface area (Å²) in [5.74, 6) is 0.171. The Balaban J connectivity index is 1.42. The number of carbonyl (C=O) groups excluding carboxylic acids is 2. The van der Waals surface area contributed by atoms with E-state index < -0.39 is 0 Å². The highest BCUT2D eigenvalue weighted by molar-refractivity contribution is 6.30. The molecule has 1 aliphatic heterocycles. The van der Waals surface area contributed by atoms with Crippen molar-refractivity contribution in [3.63, 3.8) is 0 Å². The average molecular weight is 384 g/mol. The van der Waals surface area contributed by atoms with Gasteiger partial charge in [-0.3, -0.25) is 9.59 Å². The summed E-state index contributed by atoms with van der Waals surface area (Å²) in [4.78, 5) is 31.4. The molecule has 2 heterocycles. The number of aromatic nitrogens is 1. The van der Waals surface area contributed by atoms with Crippen LogP contribution >= 0.6 is 11.6 Å². The molecule has 1 N–H and O–H groups in total. The third-order valence-electron chi connectivity index (χ3n) is 5.40. The van der Waals surface area contributed by atoms with Crippen LogP contribution in [-0.2, 0) is 17.6 Å². The molecule has 1 aromatic carbocycles. The van der Waals surface area contributed by atoms with Crippen molar-refractivity contribution in [2.75, 3.05) is 18.4 Å². The van der Waals surface area contributed by atoms with Crippen molar-refractivity contribution in [2.24, 2.45) is 5.92 Å². The second-order valence-electron chi connectivity index (χ2n) is 7.28. The maximum atomic E-state index is 12.9. The molecular weight excluding hydrogens is 362 g/mol. The van der Waals surface area contributed by atoms with E-state index in [0.29, 0.717) is 23.9 Å². The number of carbonyl (C=O) groups is 2. The maximum Gasteiger partial charge on any atom is 0.253 e. The lowest BCUT2D eigenvalue weighted by Gasteiger charge is -2.32. The summed E-state index contributed by atoms with van der Waals surface area (Å²) in [7, 11) is 0. The smallest absolute Gasteiger partial charge is 0.253 e. The van der Waals surface area contributed by atoms with Gasteiger partial charge in [-0.2, -0.15) is 0 Å². The Kier molecular flexibility index (Phi) is 5.12. The monoisotopic (exact) mass is 383 g/mol. The van der Waals surface area contributed by atoms with Gasteiger partial charge in [0, 0.05) is 24.8 Å². The lowest BCUT2D eigenvalue weighted by Crippen LogP contribution is -2.43. The molecule has 0 radical (unpaired) electrons. The highest BCUT2D eigenvalue weighted by Crippen LogP contribution is 2.25. The molecule has 1 aromatic heterocycles. The second-order valence-corrected chi connectivity index (χ2v) is 7.71. The Morgan fingerprint density at radius 3 is 2.78 bits per heavy atom. The third kappa shape index (κ3) is 3.98. The minimum atomic E-state index is -0.227. The first-order valence-electron chi connectivity index (χ1n) is 9.43. The molecule has 1 saturated heterocycles. The standard InChI is InChI=1S/C21H22ClN3O2/c22-18-8-9-19(23-12-18)24-20(26)17-5-2-10-25(13-17)21(27)16-7-6-14-3-1-4-15(14)11-16/h6-9,11-12,17H,1-5,10,13H2,(H,23,24,26). The van der Waals surface area contributed by atoms with Gasteiger partial charge in [0.1, 0.15) is 5.82 Å². The number of halogens is 1. The predicted molar refractivity (Wildman–Crippen MR) is 105 cm³/mol. The van der Waals surface area contributed by atoms with Crippen LogP contribution in [0.2, 0.25) is 5.02 Å². The third-order valence-corrected chi connectivity index (χ3v) is 5.63. The summed E-state index contributed by atoms with van der Waals surface area (Å²) in [6.45, 7) is 1.13. The van der Waals surface area contributed by atoms with Crippen LogP contribution in [0.4, 0.5) is 5.82 Å². The normalized spacial score (nSPS) is 18.9. The highest BCUT2D eigenvalue weighted by Gasteiger charge is 2.29. The number of nitrogens with zero attached hydrogens (tertiary/aromatic N) is 2. The fourth-order valence-corrected chi connectivity index (χ4v) is 4.05. The van der Waals surface area contributed by atoms with Gasteiger partial charge in [0.05, 0.1) is 10.9 Å². The number of amides is 2. The zero-order valence-corrected chi connectivity index (χ0v) is 15.8. The molecular formula is C21H22ClN3O2. The van der Waals surface area contributed by atoms with E-state index in [9.17, 15) is 9.59 Å². The number of pyridine rings is 1. The lowest BCUT2D eigenvalue weighted by atomic mass is 9.96. The van der Waals surface area contributed by atoms with E-state index in [1.165, 1.54) is 17.3 Å². The summed E-state index contributed by atoms with van der Waals surface area (Å²) < 4.78 is 0. The molecule has 0 bridgehead atoms. The number of aryl methyl sites for hydroxylation is 2. The lowest BCUT2D eigenvalue weighted by molar-refractivity contribution is -0.121. The molecule has 2 aromatic rings. The zero-order valence-electron chi connectivity index (χ0n) is 15.1. The van der Waals surface area contributed by atoms with Gasteiger partial charge in [0.15, 0.2) is 0 Å². The molecule has 5 nitrogen and oxygen atoms in total. The van der Waals surface area contributed by atoms with E-state index in [2.05, 4.69) is 16.4 Å². The highest BCUT2D eigenvalue weighted by atomic mass is 35.5. The van der Waals surface area contributed by atoms with Gasteiger partial charge in [0.2, 0.25) is 5.91 Å². The number of hydrogen-bond acceptors (Lipinski definition) is 3. The molecule has 0 saturated carbocycles. The summed E-state index contributed by atoms with van der Waals surface area (Å²) in [6, 6.07) is 9.40. The largest absolute Gasteiger partial charge is 0.338 e. The van der Waals surface area contributed by atoms with Gasteiger partial charge < -0.3 is 10.2 Å². The van der Waals surface area contributed by atoms with Crippen LogP contribution in [0.3, 0.4) is 0 Å². The number of nitrogens with one attached hydrogen (secondary N) is 1. The molecule has 1 fully saturated rings. The van der Waals surface area contributed by atoms with E-state index >= 15 is 0 Å². The Morgan fingerprint density at radius 2 is 1.96 bits per heavy atom. The Bertz CT molecular complexity index is 866. The van der Waals surface area contributed by atoms with E-state index in [0.717, 1.165) is 37.7 Å². The van der Waals surface area contributed by atoms with Crippen LogP contribution in [0, 0.1) is 5.92 Å².